The molecule has 0 N–H and O–H groups in total. The number of nitrogens with zero attached hydrogens (tertiary/aromatic N) is 1. The van der Waals surface area contributed by atoms with E-state index in [9.17, 15) is 4.79 Å². The van der Waals surface area contributed by atoms with E-state index in [4.69, 9.17) is 4.74 Å². The Morgan fingerprint density at radius 1 is 1.25 bits per heavy atom. The van der Waals surface area contributed by atoms with E-state index in [1.54, 1.807) is 6.08 Å². The molecule has 1 saturated carbocycles. The summed E-state index contributed by atoms with van der Waals surface area (Å²) in [6.07, 6.45) is 7.21. The van der Waals surface area contributed by atoms with Gasteiger partial charge >= 0.3 is 0 Å². The van der Waals surface area contributed by atoms with Crippen molar-refractivity contribution in [1.29, 1.82) is 0 Å². The molecule has 1 aromatic rings. The summed E-state index contributed by atoms with van der Waals surface area (Å²) in [5.41, 5.74) is 0.690. The Bertz CT molecular complexity index is 515. The monoisotopic (exact) mass is 289 g/mol. The van der Waals surface area contributed by atoms with Gasteiger partial charge < -0.3 is 4.74 Å². The fraction of sp³-hybridized carbons (Fsp3) is 0.562. The molecular weight excluding hydrogens is 270 g/mol. The first-order valence-corrected chi connectivity index (χ1v) is 8.42. The molecule has 0 spiro atoms. The number of carbonyl (C=O) groups excluding carboxylic acids is 1. The molecule has 0 amide bonds. The van der Waals surface area contributed by atoms with E-state index in [2.05, 4.69) is 4.99 Å². The van der Waals surface area contributed by atoms with Gasteiger partial charge in [0.1, 0.15) is 17.4 Å². The maximum absolute atomic E-state index is 10.8. The van der Waals surface area contributed by atoms with Crippen LogP contribution in [-0.4, -0.2) is 23.7 Å². The van der Waals surface area contributed by atoms with Crippen LogP contribution < -0.4 is 4.74 Å². The molecule has 0 unspecified atom stereocenters. The highest BCUT2D eigenvalue weighted by Gasteiger charge is 2.41. The van der Waals surface area contributed by atoms with Crippen molar-refractivity contribution in [1.82, 2.24) is 0 Å². The number of rotatable bonds is 4. The fourth-order valence-electron chi connectivity index (χ4n) is 2.97. The third-order valence-corrected chi connectivity index (χ3v) is 5.34. The summed E-state index contributed by atoms with van der Waals surface area (Å²) >= 11 is 1.99. The summed E-state index contributed by atoms with van der Waals surface area (Å²) in [5, 5.41) is 0. The van der Waals surface area contributed by atoms with Crippen molar-refractivity contribution < 1.29 is 9.53 Å². The average Bonchev–Trinajstić information content (AvgIpc) is 2.45. The number of para-hydroxylation sites is 1. The maximum atomic E-state index is 10.8. The fourth-order valence-corrected chi connectivity index (χ4v) is 4.03. The Kier molecular flexibility index (Phi) is 4.13. The molecule has 3 nitrogen and oxygen atoms in total. The minimum atomic E-state index is -0.373. The van der Waals surface area contributed by atoms with Crippen LogP contribution in [0.1, 0.15) is 37.7 Å². The molecule has 0 aromatic heterocycles. The summed E-state index contributed by atoms with van der Waals surface area (Å²) in [7, 11) is 0. The zero-order valence-electron chi connectivity index (χ0n) is 11.5. The molecule has 1 aliphatic carbocycles. The third-order valence-electron chi connectivity index (χ3n) is 4.29. The quantitative estimate of drug-likeness (QED) is 0.627. The smallest absolute Gasteiger partial charge is 0.235 e. The molecule has 0 bridgehead atoms. The van der Waals surface area contributed by atoms with Crippen molar-refractivity contribution in [2.45, 2.75) is 43.7 Å². The van der Waals surface area contributed by atoms with E-state index < -0.39 is 0 Å². The molecule has 1 saturated heterocycles. The summed E-state index contributed by atoms with van der Waals surface area (Å²) in [4.78, 5) is 14.8. The first-order valence-electron chi connectivity index (χ1n) is 7.27. The van der Waals surface area contributed by atoms with Crippen LogP contribution in [0, 0.1) is 0 Å². The minimum Gasteiger partial charge on any atom is -0.490 e. The standard InChI is InChI=1S/C16H19NO2S/c18-12-17-16(8-3-9-16)14-4-1-2-5-15(14)19-13-6-10-20-11-7-13/h1-2,4-5,13H,3,6-11H2. The van der Waals surface area contributed by atoms with E-state index in [0.29, 0.717) is 6.10 Å². The van der Waals surface area contributed by atoms with Crippen LogP contribution in [0.4, 0.5) is 0 Å². The van der Waals surface area contributed by atoms with Gasteiger partial charge in [-0.25, -0.2) is 4.79 Å². The number of benzene rings is 1. The van der Waals surface area contributed by atoms with Gasteiger partial charge in [-0.1, -0.05) is 18.2 Å². The minimum absolute atomic E-state index is 0.301. The molecule has 2 aliphatic rings. The largest absolute Gasteiger partial charge is 0.490 e. The number of isocyanates is 1. The highest BCUT2D eigenvalue weighted by molar-refractivity contribution is 7.99. The Labute approximate surface area is 123 Å². The topological polar surface area (TPSA) is 38.7 Å². The Balaban J connectivity index is 1.85. The normalized spacial score (nSPS) is 21.6. The van der Waals surface area contributed by atoms with Gasteiger partial charge in [0.25, 0.3) is 0 Å². The van der Waals surface area contributed by atoms with Crippen LogP contribution in [0.15, 0.2) is 29.3 Å². The molecule has 1 heterocycles. The molecule has 106 valence electrons. The van der Waals surface area contributed by atoms with Crippen LogP contribution in [-0.2, 0) is 10.3 Å². The van der Waals surface area contributed by atoms with Gasteiger partial charge in [-0.15, -0.1) is 0 Å². The van der Waals surface area contributed by atoms with E-state index in [-0.39, 0.29) is 5.54 Å². The average molecular weight is 289 g/mol. The van der Waals surface area contributed by atoms with Gasteiger partial charge in [0, 0.05) is 5.56 Å². The van der Waals surface area contributed by atoms with Crippen molar-refractivity contribution in [2.24, 2.45) is 4.99 Å². The van der Waals surface area contributed by atoms with Crippen LogP contribution in [0.2, 0.25) is 0 Å². The summed E-state index contributed by atoms with van der Waals surface area (Å²) in [6, 6.07) is 8.05. The van der Waals surface area contributed by atoms with Gasteiger partial charge in [-0.2, -0.15) is 16.8 Å². The molecule has 20 heavy (non-hydrogen) atoms. The highest BCUT2D eigenvalue weighted by Crippen LogP contribution is 2.48. The van der Waals surface area contributed by atoms with Gasteiger partial charge in [0.05, 0.1) is 0 Å². The second kappa shape index (κ2) is 6.02. The first-order chi connectivity index (χ1) is 9.84. The van der Waals surface area contributed by atoms with E-state index in [0.717, 1.165) is 43.4 Å². The molecule has 0 radical (unpaired) electrons. The zero-order valence-corrected chi connectivity index (χ0v) is 12.3. The third kappa shape index (κ3) is 2.63. The predicted octanol–water partition coefficient (Wildman–Crippen LogP) is 3.68. The zero-order chi connectivity index (χ0) is 13.8. The lowest BCUT2D eigenvalue weighted by Gasteiger charge is -2.38. The summed E-state index contributed by atoms with van der Waals surface area (Å²) in [5.74, 6) is 3.25. The van der Waals surface area contributed by atoms with Gasteiger partial charge in [-0.05, 0) is 49.7 Å². The maximum Gasteiger partial charge on any atom is 0.235 e. The van der Waals surface area contributed by atoms with Gasteiger partial charge in [0.15, 0.2) is 0 Å². The molecule has 2 fully saturated rings. The lowest BCUT2D eigenvalue weighted by Crippen LogP contribution is -2.33. The second-order valence-electron chi connectivity index (χ2n) is 5.51. The van der Waals surface area contributed by atoms with Crippen LogP contribution in [0.25, 0.3) is 0 Å². The Morgan fingerprint density at radius 3 is 2.65 bits per heavy atom. The SMILES string of the molecule is O=C=NC1(c2ccccc2OC2CCSCC2)CCC1. The van der Waals surface area contributed by atoms with Crippen LogP contribution in [0.3, 0.4) is 0 Å². The van der Waals surface area contributed by atoms with E-state index in [1.165, 1.54) is 11.5 Å². The van der Waals surface area contributed by atoms with Gasteiger partial charge in [0.2, 0.25) is 6.08 Å². The summed E-state index contributed by atoms with van der Waals surface area (Å²) in [6.45, 7) is 0. The van der Waals surface area contributed by atoms with Crippen molar-refractivity contribution >= 4 is 17.8 Å². The van der Waals surface area contributed by atoms with Gasteiger partial charge in [-0.3, -0.25) is 0 Å². The van der Waals surface area contributed by atoms with Crippen molar-refractivity contribution in [3.63, 3.8) is 0 Å². The van der Waals surface area contributed by atoms with Crippen LogP contribution in [0.5, 0.6) is 5.75 Å². The molecule has 3 rings (SSSR count). The second-order valence-corrected chi connectivity index (χ2v) is 6.74. The number of ether oxygens (including phenoxy) is 1. The number of hydrogen-bond donors (Lipinski definition) is 0. The first kappa shape index (κ1) is 13.7. The number of thioether (sulfide) groups is 1. The molecule has 4 heteroatoms. The predicted molar refractivity (Wildman–Crippen MR) is 81.1 cm³/mol. The number of hydrogen-bond acceptors (Lipinski definition) is 4. The molecule has 0 atom stereocenters. The summed E-state index contributed by atoms with van der Waals surface area (Å²) < 4.78 is 6.21. The molecule has 1 aromatic carbocycles. The lowest BCUT2D eigenvalue weighted by atomic mass is 9.72. The Morgan fingerprint density at radius 2 is 2.00 bits per heavy atom. The highest BCUT2D eigenvalue weighted by atomic mass is 32.2. The molecule has 1 aliphatic heterocycles. The lowest BCUT2D eigenvalue weighted by molar-refractivity contribution is 0.177. The molecular formula is C16H19NO2S. The van der Waals surface area contributed by atoms with Crippen LogP contribution >= 0.6 is 11.8 Å². The Hall–Kier alpha value is -1.25. The number of aliphatic imine (C=N–C) groups is 1. The van der Waals surface area contributed by atoms with E-state index >= 15 is 0 Å². The van der Waals surface area contributed by atoms with Crippen molar-refractivity contribution in [2.75, 3.05) is 11.5 Å². The van der Waals surface area contributed by atoms with E-state index in [1.807, 2.05) is 36.0 Å². The van der Waals surface area contributed by atoms with Crippen molar-refractivity contribution in [3.05, 3.63) is 29.8 Å². The van der Waals surface area contributed by atoms with Crippen molar-refractivity contribution in [3.8, 4) is 5.75 Å².